The average molecular weight is 172 g/mol. The average Bonchev–Trinajstić information content (AvgIpc) is 1.98. The monoisotopic (exact) mass is 172 g/mol. The summed E-state index contributed by atoms with van der Waals surface area (Å²) < 4.78 is 4.39. The summed E-state index contributed by atoms with van der Waals surface area (Å²) in [6.07, 6.45) is 1.14. The van der Waals surface area contributed by atoms with Gasteiger partial charge in [0.05, 0.1) is 0 Å². The number of aliphatic carboxylic acids is 2. The Hall–Kier alpha value is -1.78. The van der Waals surface area contributed by atoms with Crippen LogP contribution in [-0.2, 0) is 14.3 Å². The zero-order chi connectivity index (χ0) is 9.72. The predicted molar refractivity (Wildman–Crippen MR) is 39.3 cm³/mol. The number of allylic oxidation sites excluding steroid dienone is 1. The lowest BCUT2D eigenvalue weighted by atomic mass is 10.4. The smallest absolute Gasteiger partial charge is 0.371 e. The Balaban J connectivity index is 4.34. The maximum atomic E-state index is 10.3. The molecule has 0 aliphatic carbocycles. The van der Waals surface area contributed by atoms with Gasteiger partial charge in [-0.2, -0.15) is 0 Å². The van der Waals surface area contributed by atoms with E-state index in [1.807, 2.05) is 0 Å². The van der Waals surface area contributed by atoms with Gasteiger partial charge in [0.25, 0.3) is 0 Å². The normalized spacial score (nSPS) is 10.6. The molecule has 0 bridgehead atoms. The number of rotatable bonds is 4. The molecule has 66 valence electrons. The Bertz CT molecular complexity index is 251. The van der Waals surface area contributed by atoms with Crippen LogP contribution in [0.2, 0.25) is 0 Å². The molecule has 2 N–H and O–H groups in total. The molecule has 0 radical (unpaired) electrons. The Morgan fingerprint density at radius 3 is 2.08 bits per heavy atom. The van der Waals surface area contributed by atoms with Gasteiger partial charge in [-0.3, -0.25) is 0 Å². The van der Waals surface area contributed by atoms with Crippen molar-refractivity contribution < 1.29 is 24.5 Å². The van der Waals surface area contributed by atoms with Crippen molar-refractivity contribution in [3.05, 3.63) is 24.2 Å². The van der Waals surface area contributed by atoms with Gasteiger partial charge in [0, 0.05) is 0 Å². The van der Waals surface area contributed by atoms with Crippen molar-refractivity contribution in [2.75, 3.05) is 0 Å². The van der Waals surface area contributed by atoms with E-state index in [1.165, 1.54) is 6.92 Å². The largest absolute Gasteiger partial charge is 0.475 e. The lowest BCUT2D eigenvalue weighted by molar-refractivity contribution is -0.138. The minimum atomic E-state index is -1.39. The molecule has 0 aliphatic heterocycles. The number of hydrogen-bond acceptors (Lipinski definition) is 3. The van der Waals surface area contributed by atoms with E-state index in [-0.39, 0.29) is 0 Å². The lowest BCUT2D eigenvalue weighted by Gasteiger charge is -2.03. The molecule has 5 nitrogen and oxygen atoms in total. The van der Waals surface area contributed by atoms with E-state index in [4.69, 9.17) is 10.2 Å². The molecule has 0 aromatic rings. The van der Waals surface area contributed by atoms with Crippen molar-refractivity contribution >= 4 is 11.9 Å². The van der Waals surface area contributed by atoms with Crippen LogP contribution < -0.4 is 0 Å². The fraction of sp³-hybridized carbons (Fsp3) is 0.143. The highest BCUT2D eigenvalue weighted by Gasteiger charge is 2.13. The van der Waals surface area contributed by atoms with Crippen LogP contribution in [-0.4, -0.2) is 22.2 Å². The van der Waals surface area contributed by atoms with Crippen molar-refractivity contribution in [3.8, 4) is 0 Å². The van der Waals surface area contributed by atoms with Gasteiger partial charge in [-0.05, 0) is 19.6 Å². The summed E-state index contributed by atoms with van der Waals surface area (Å²) in [5, 5.41) is 16.6. The number of carboxylic acid groups (broad SMARTS) is 2. The highest BCUT2D eigenvalue weighted by molar-refractivity contribution is 5.88. The van der Waals surface area contributed by atoms with E-state index in [2.05, 4.69) is 11.3 Å². The van der Waals surface area contributed by atoms with Gasteiger partial charge in [0.15, 0.2) is 0 Å². The molecule has 0 aromatic carbocycles. The summed E-state index contributed by atoms with van der Waals surface area (Å²) in [5.74, 6) is -3.80. The van der Waals surface area contributed by atoms with Gasteiger partial charge in [-0.1, -0.05) is 0 Å². The van der Waals surface area contributed by atoms with Gasteiger partial charge < -0.3 is 14.9 Å². The summed E-state index contributed by atoms with van der Waals surface area (Å²) in [7, 11) is 0. The van der Waals surface area contributed by atoms with Crippen LogP contribution in [0.5, 0.6) is 0 Å². The first-order valence-corrected chi connectivity index (χ1v) is 2.98. The second-order valence-electron chi connectivity index (χ2n) is 1.79. The molecular weight excluding hydrogens is 164 g/mol. The highest BCUT2D eigenvalue weighted by atomic mass is 16.5. The molecule has 0 spiro atoms. The Morgan fingerprint density at radius 1 is 1.33 bits per heavy atom. The van der Waals surface area contributed by atoms with Crippen LogP contribution in [0.4, 0.5) is 0 Å². The topological polar surface area (TPSA) is 83.8 Å². The Kier molecular flexibility index (Phi) is 3.55. The number of ether oxygens (including phenoxy) is 1. The quantitative estimate of drug-likeness (QED) is 0.479. The van der Waals surface area contributed by atoms with E-state index in [1.54, 1.807) is 0 Å². The van der Waals surface area contributed by atoms with Crippen molar-refractivity contribution in [1.82, 2.24) is 0 Å². The minimum Gasteiger partial charge on any atom is -0.475 e. The molecule has 5 heteroatoms. The molecule has 0 heterocycles. The lowest BCUT2D eigenvalue weighted by Crippen LogP contribution is -2.09. The van der Waals surface area contributed by atoms with E-state index < -0.39 is 23.5 Å². The van der Waals surface area contributed by atoms with E-state index in [9.17, 15) is 9.59 Å². The second kappa shape index (κ2) is 4.17. The molecule has 12 heavy (non-hydrogen) atoms. The molecule has 0 unspecified atom stereocenters. The summed E-state index contributed by atoms with van der Waals surface area (Å²) >= 11 is 0. The third-order valence-corrected chi connectivity index (χ3v) is 0.945. The van der Waals surface area contributed by atoms with Crippen molar-refractivity contribution in [1.29, 1.82) is 0 Å². The number of carboxylic acids is 2. The van der Waals surface area contributed by atoms with Crippen LogP contribution in [0.15, 0.2) is 24.2 Å². The Labute approximate surface area is 68.6 Å². The standard InChI is InChI=1S/C7H8O5/c1-3-5(7(10)11)12-4(2)6(8)9/h3H,2H2,1H3,(H,8,9)(H,10,11)/b5-3-. The van der Waals surface area contributed by atoms with Crippen LogP contribution in [0, 0.1) is 0 Å². The highest BCUT2D eigenvalue weighted by Crippen LogP contribution is 2.04. The van der Waals surface area contributed by atoms with Crippen LogP contribution >= 0.6 is 0 Å². The fourth-order valence-corrected chi connectivity index (χ4v) is 0.402. The molecule has 0 rings (SSSR count). The predicted octanol–water partition coefficient (Wildman–Crippen LogP) is 0.590. The second-order valence-corrected chi connectivity index (χ2v) is 1.79. The van der Waals surface area contributed by atoms with Gasteiger partial charge in [0.2, 0.25) is 11.5 Å². The number of carbonyl (C=O) groups is 2. The fourth-order valence-electron chi connectivity index (χ4n) is 0.402. The molecule has 0 saturated heterocycles. The molecule has 0 fully saturated rings. The third kappa shape index (κ3) is 2.87. The third-order valence-electron chi connectivity index (χ3n) is 0.945. The SMILES string of the molecule is C=C(O/C(=C\C)C(=O)O)C(=O)O. The van der Waals surface area contributed by atoms with E-state index >= 15 is 0 Å². The molecule has 0 aliphatic rings. The Morgan fingerprint density at radius 2 is 1.83 bits per heavy atom. The number of hydrogen-bond donors (Lipinski definition) is 2. The van der Waals surface area contributed by atoms with Crippen molar-refractivity contribution in [2.24, 2.45) is 0 Å². The first-order valence-electron chi connectivity index (χ1n) is 2.98. The molecular formula is C7H8O5. The molecule has 0 aromatic heterocycles. The van der Waals surface area contributed by atoms with Gasteiger partial charge >= 0.3 is 11.9 Å². The van der Waals surface area contributed by atoms with E-state index in [0.717, 1.165) is 6.08 Å². The van der Waals surface area contributed by atoms with E-state index in [0.29, 0.717) is 0 Å². The summed E-state index contributed by atoms with van der Waals surface area (Å²) in [4.78, 5) is 20.4. The molecule has 0 atom stereocenters. The van der Waals surface area contributed by atoms with Crippen LogP contribution in [0.25, 0.3) is 0 Å². The van der Waals surface area contributed by atoms with Crippen molar-refractivity contribution in [3.63, 3.8) is 0 Å². The maximum Gasteiger partial charge on any atom is 0.371 e. The molecule has 0 saturated carbocycles. The van der Waals surface area contributed by atoms with Crippen molar-refractivity contribution in [2.45, 2.75) is 6.92 Å². The summed E-state index contributed by atoms with van der Waals surface area (Å²) in [5.41, 5.74) is 0. The van der Waals surface area contributed by atoms with Gasteiger partial charge in [-0.15, -0.1) is 0 Å². The van der Waals surface area contributed by atoms with Gasteiger partial charge in [0.1, 0.15) is 0 Å². The maximum absolute atomic E-state index is 10.3. The summed E-state index contributed by atoms with van der Waals surface area (Å²) in [6.45, 7) is 4.41. The minimum absolute atomic E-state index is 0.456. The summed E-state index contributed by atoms with van der Waals surface area (Å²) in [6, 6.07) is 0. The first kappa shape index (κ1) is 10.2. The van der Waals surface area contributed by atoms with Crippen LogP contribution in [0.3, 0.4) is 0 Å². The first-order chi connectivity index (χ1) is 5.49. The molecule has 0 amide bonds. The van der Waals surface area contributed by atoms with Gasteiger partial charge in [-0.25, -0.2) is 9.59 Å². The van der Waals surface area contributed by atoms with Crippen LogP contribution in [0.1, 0.15) is 6.92 Å². The zero-order valence-corrected chi connectivity index (χ0v) is 6.40. The zero-order valence-electron chi connectivity index (χ0n) is 6.40.